The molecule has 0 aromatic heterocycles. The van der Waals surface area contributed by atoms with E-state index < -0.39 is 10.1 Å². The van der Waals surface area contributed by atoms with Crippen LogP contribution in [0.4, 0.5) is 0 Å². The van der Waals surface area contributed by atoms with Crippen molar-refractivity contribution in [1.82, 2.24) is 5.32 Å². The number of rotatable bonds is 9. The van der Waals surface area contributed by atoms with Gasteiger partial charge in [0.15, 0.2) is 0 Å². The van der Waals surface area contributed by atoms with E-state index in [1.54, 1.807) is 26.0 Å². The van der Waals surface area contributed by atoms with Crippen molar-refractivity contribution in [1.29, 1.82) is 0 Å². The molecule has 0 aliphatic heterocycles. The fraction of sp³-hybridized carbons (Fsp3) is 0.333. The predicted molar refractivity (Wildman–Crippen MR) is 108 cm³/mol. The number of unbranched alkanes of at least 4 members (excludes halogenated alkanes) is 1. The summed E-state index contributed by atoms with van der Waals surface area (Å²) < 4.78 is 34.8. The first kappa shape index (κ1) is 22.4. The second-order valence-corrected chi connectivity index (χ2v) is 8.13. The summed E-state index contributed by atoms with van der Waals surface area (Å²) in [6.07, 6.45) is 1.58. The third kappa shape index (κ3) is 6.60. The van der Waals surface area contributed by atoms with Gasteiger partial charge in [0.05, 0.1) is 7.11 Å². The first-order chi connectivity index (χ1) is 13.7. The third-order valence-electron chi connectivity index (χ3n) is 4.26. The average molecular weight is 419 g/mol. The Kier molecular flexibility index (Phi) is 7.78. The van der Waals surface area contributed by atoms with Gasteiger partial charge in [-0.25, -0.2) is 0 Å². The van der Waals surface area contributed by atoms with Crippen LogP contribution in [0, 0.1) is 13.8 Å². The normalized spacial score (nSPS) is 11.0. The third-order valence-corrected chi connectivity index (χ3v) is 5.65. The van der Waals surface area contributed by atoms with Crippen LogP contribution >= 0.6 is 0 Å². The molecule has 2 aromatic carbocycles. The zero-order valence-electron chi connectivity index (χ0n) is 16.7. The molecule has 156 valence electrons. The first-order valence-electron chi connectivity index (χ1n) is 9.20. The molecule has 0 saturated carbocycles. The van der Waals surface area contributed by atoms with Gasteiger partial charge in [-0.1, -0.05) is 12.1 Å². The highest BCUT2D eigenvalue weighted by atomic mass is 32.2. The highest BCUT2D eigenvalue weighted by Gasteiger charge is 2.19. The Labute approximate surface area is 171 Å². The standard InChI is InChI=1S/C21H25NO6S/c1-15-7-8-16(2)19(14-15)29(25,26)28-18-11-9-17(10-12-18)21(24)22-13-5-4-6-20(23)27-3/h7-12,14H,4-6,13H2,1-3H3,(H,22,24). The topological polar surface area (TPSA) is 98.8 Å². The average Bonchev–Trinajstić information content (AvgIpc) is 2.69. The lowest BCUT2D eigenvalue weighted by molar-refractivity contribution is -0.140. The molecule has 1 N–H and O–H groups in total. The van der Waals surface area contributed by atoms with Gasteiger partial charge >= 0.3 is 16.1 Å². The van der Waals surface area contributed by atoms with Gasteiger partial charge in [0.2, 0.25) is 0 Å². The second-order valence-electron chi connectivity index (χ2n) is 6.62. The Bertz CT molecular complexity index is 967. The smallest absolute Gasteiger partial charge is 0.339 e. The van der Waals surface area contributed by atoms with Crippen molar-refractivity contribution in [2.24, 2.45) is 0 Å². The van der Waals surface area contributed by atoms with Crippen LogP contribution in [0.25, 0.3) is 0 Å². The van der Waals surface area contributed by atoms with Gasteiger partial charge in [-0.3, -0.25) is 9.59 Å². The van der Waals surface area contributed by atoms with Gasteiger partial charge in [-0.15, -0.1) is 0 Å². The van der Waals surface area contributed by atoms with Crippen LogP contribution in [-0.4, -0.2) is 33.9 Å². The minimum absolute atomic E-state index is 0.117. The van der Waals surface area contributed by atoms with E-state index >= 15 is 0 Å². The van der Waals surface area contributed by atoms with E-state index in [4.69, 9.17) is 4.18 Å². The number of hydrogen-bond donors (Lipinski definition) is 1. The molecule has 0 aliphatic rings. The second kappa shape index (κ2) is 10.1. The molecule has 1 amide bonds. The van der Waals surface area contributed by atoms with Crippen LogP contribution in [0.15, 0.2) is 47.4 Å². The van der Waals surface area contributed by atoms with Crippen LogP contribution in [0.2, 0.25) is 0 Å². The molecule has 0 saturated heterocycles. The molecule has 0 aliphatic carbocycles. The molecule has 0 unspecified atom stereocenters. The SMILES string of the molecule is COC(=O)CCCCNC(=O)c1ccc(OS(=O)(=O)c2cc(C)ccc2C)cc1. The Hall–Kier alpha value is -2.87. The minimum Gasteiger partial charge on any atom is -0.469 e. The van der Waals surface area contributed by atoms with Gasteiger partial charge in [0, 0.05) is 18.5 Å². The molecule has 2 aromatic rings. The summed E-state index contributed by atoms with van der Waals surface area (Å²) in [5, 5.41) is 2.75. The fourth-order valence-corrected chi connectivity index (χ4v) is 3.86. The highest BCUT2D eigenvalue weighted by molar-refractivity contribution is 7.87. The quantitative estimate of drug-likeness (QED) is 0.381. The van der Waals surface area contributed by atoms with Crippen LogP contribution in [-0.2, 0) is 19.6 Å². The number of aryl methyl sites for hydroxylation is 2. The highest BCUT2D eigenvalue weighted by Crippen LogP contribution is 2.22. The lowest BCUT2D eigenvalue weighted by Crippen LogP contribution is -2.24. The van der Waals surface area contributed by atoms with Crippen LogP contribution in [0.3, 0.4) is 0 Å². The number of benzene rings is 2. The molecule has 0 bridgehead atoms. The van der Waals surface area contributed by atoms with E-state index in [2.05, 4.69) is 10.1 Å². The summed E-state index contributed by atoms with van der Waals surface area (Å²) in [7, 11) is -2.63. The van der Waals surface area contributed by atoms with E-state index in [1.807, 2.05) is 6.07 Å². The van der Waals surface area contributed by atoms with Gasteiger partial charge in [-0.05, 0) is 68.1 Å². The Morgan fingerprint density at radius 2 is 1.69 bits per heavy atom. The number of nitrogens with one attached hydrogen (secondary N) is 1. The molecule has 8 heteroatoms. The molecule has 0 spiro atoms. The van der Waals surface area contributed by atoms with Crippen LogP contribution in [0.5, 0.6) is 5.75 Å². The van der Waals surface area contributed by atoms with Gasteiger partial charge in [0.25, 0.3) is 5.91 Å². The Morgan fingerprint density at radius 1 is 1.00 bits per heavy atom. The molecular weight excluding hydrogens is 394 g/mol. The number of carbonyl (C=O) groups is 2. The maximum atomic E-state index is 12.5. The van der Waals surface area contributed by atoms with Crippen molar-refractivity contribution < 1.29 is 26.9 Å². The zero-order valence-corrected chi connectivity index (χ0v) is 17.5. The maximum Gasteiger partial charge on any atom is 0.339 e. The lowest BCUT2D eigenvalue weighted by atomic mass is 10.2. The van der Waals surface area contributed by atoms with E-state index in [9.17, 15) is 18.0 Å². The number of esters is 1. The molecule has 0 heterocycles. The monoisotopic (exact) mass is 419 g/mol. The number of carbonyl (C=O) groups excluding carboxylic acids is 2. The Balaban J connectivity index is 1.93. The molecule has 2 rings (SSSR count). The van der Waals surface area contributed by atoms with Crippen molar-refractivity contribution in [2.45, 2.75) is 38.0 Å². The van der Waals surface area contributed by atoms with Crippen LogP contribution < -0.4 is 9.50 Å². The lowest BCUT2D eigenvalue weighted by Gasteiger charge is -2.11. The van der Waals surface area contributed by atoms with Crippen molar-refractivity contribution in [2.75, 3.05) is 13.7 Å². The van der Waals surface area contributed by atoms with Crippen molar-refractivity contribution in [3.63, 3.8) is 0 Å². The van der Waals surface area contributed by atoms with Gasteiger partial charge in [0.1, 0.15) is 10.6 Å². The minimum atomic E-state index is -3.97. The Morgan fingerprint density at radius 3 is 2.34 bits per heavy atom. The fourth-order valence-electron chi connectivity index (χ4n) is 2.61. The summed E-state index contributed by atoms with van der Waals surface area (Å²) in [5.41, 5.74) is 1.80. The zero-order chi connectivity index (χ0) is 21.4. The summed E-state index contributed by atoms with van der Waals surface area (Å²) >= 11 is 0. The predicted octanol–water partition coefficient (Wildman–Crippen LogP) is 3.14. The largest absolute Gasteiger partial charge is 0.469 e. The van der Waals surface area contributed by atoms with Crippen molar-refractivity contribution in [3.05, 3.63) is 59.2 Å². The number of ether oxygens (including phenoxy) is 1. The summed E-state index contributed by atoms with van der Waals surface area (Å²) in [6, 6.07) is 11.0. The van der Waals surface area contributed by atoms with E-state index in [0.29, 0.717) is 36.9 Å². The molecule has 7 nitrogen and oxygen atoms in total. The van der Waals surface area contributed by atoms with Crippen molar-refractivity contribution >= 4 is 22.0 Å². The van der Waals surface area contributed by atoms with Gasteiger partial charge in [-0.2, -0.15) is 8.42 Å². The van der Waals surface area contributed by atoms with Crippen LogP contribution in [0.1, 0.15) is 40.7 Å². The van der Waals surface area contributed by atoms with E-state index in [0.717, 1.165) is 5.56 Å². The molecule has 0 radical (unpaired) electrons. The van der Waals surface area contributed by atoms with Crippen molar-refractivity contribution in [3.8, 4) is 5.75 Å². The molecule has 0 atom stereocenters. The van der Waals surface area contributed by atoms with E-state index in [-0.39, 0.29) is 22.5 Å². The molecular formula is C21H25NO6S. The number of methoxy groups -OCH3 is 1. The first-order valence-corrected chi connectivity index (χ1v) is 10.6. The summed E-state index contributed by atoms with van der Waals surface area (Å²) in [6.45, 7) is 3.94. The summed E-state index contributed by atoms with van der Waals surface area (Å²) in [5.74, 6) is -0.435. The number of amides is 1. The number of hydrogen-bond acceptors (Lipinski definition) is 6. The van der Waals surface area contributed by atoms with Gasteiger partial charge < -0.3 is 14.2 Å². The maximum absolute atomic E-state index is 12.5. The van der Waals surface area contributed by atoms with E-state index in [1.165, 1.54) is 31.4 Å². The molecule has 29 heavy (non-hydrogen) atoms. The molecule has 0 fully saturated rings. The summed E-state index contributed by atoms with van der Waals surface area (Å²) in [4.78, 5) is 23.3.